The van der Waals surface area contributed by atoms with Gasteiger partial charge in [0.25, 0.3) is 5.91 Å². The molecule has 3 aromatic rings. The molecule has 7 nitrogen and oxygen atoms in total. The summed E-state index contributed by atoms with van der Waals surface area (Å²) in [6.07, 6.45) is 0.541. The van der Waals surface area contributed by atoms with Crippen molar-refractivity contribution >= 4 is 23.7 Å². The maximum atomic E-state index is 13.9. The molecule has 2 amide bonds. The summed E-state index contributed by atoms with van der Waals surface area (Å²) in [5.74, 6) is -2.86. The van der Waals surface area contributed by atoms with Crippen molar-refractivity contribution in [3.05, 3.63) is 102 Å². The summed E-state index contributed by atoms with van der Waals surface area (Å²) >= 11 is 0. The second-order valence-electron chi connectivity index (χ2n) is 8.01. The van der Waals surface area contributed by atoms with E-state index in [1.165, 1.54) is 12.1 Å². The average molecular weight is 474 g/mol. The third-order valence-electron chi connectivity index (χ3n) is 5.76. The number of hydrogen-bond acceptors (Lipinski definition) is 4. The molecule has 0 saturated heterocycles. The molecule has 0 aliphatic heterocycles. The number of benzene rings is 3. The van der Waals surface area contributed by atoms with Crippen LogP contribution in [0.4, 0.5) is 14.9 Å². The van der Waals surface area contributed by atoms with Crippen LogP contribution >= 0.6 is 0 Å². The number of carboxylic acid groups (broad SMARTS) is 1. The van der Waals surface area contributed by atoms with E-state index in [4.69, 9.17) is 9.84 Å². The number of nitrogens with one attached hydrogen (secondary N) is 1. The van der Waals surface area contributed by atoms with Crippen LogP contribution in [0.25, 0.3) is 11.1 Å². The molecule has 4 rings (SSSR count). The van der Waals surface area contributed by atoms with Gasteiger partial charge in [-0.3, -0.25) is 14.9 Å². The molecule has 0 unspecified atom stereocenters. The number of nitrogens with zero attached hydrogens (tertiary/aromatic N) is 1. The number of carbonyl (C=O) groups excluding carboxylic acids is 2. The van der Waals surface area contributed by atoms with Gasteiger partial charge in [0.15, 0.2) is 0 Å². The predicted molar refractivity (Wildman–Crippen MR) is 129 cm³/mol. The van der Waals surface area contributed by atoms with Crippen LogP contribution < -0.4 is 5.32 Å². The van der Waals surface area contributed by atoms with Crippen molar-refractivity contribution in [3.63, 3.8) is 0 Å². The number of anilines is 1. The highest BCUT2D eigenvalue weighted by Gasteiger charge is 2.29. The lowest BCUT2D eigenvalue weighted by Crippen LogP contribution is -2.36. The number of ether oxygens (including phenoxy) is 1. The molecule has 8 heteroatoms. The normalized spacial score (nSPS) is 11.8. The fourth-order valence-corrected chi connectivity index (χ4v) is 4.26. The van der Waals surface area contributed by atoms with Crippen LogP contribution in [0.15, 0.2) is 79.4 Å². The van der Waals surface area contributed by atoms with Gasteiger partial charge in [0.2, 0.25) is 0 Å². The number of carboxylic acids is 1. The van der Waals surface area contributed by atoms with E-state index in [1.807, 2.05) is 48.5 Å². The number of amides is 2. The number of hydrogen-bond donors (Lipinski definition) is 2. The molecule has 0 fully saturated rings. The summed E-state index contributed by atoms with van der Waals surface area (Å²) in [6.45, 7) is 2.91. The Bertz CT molecular complexity index is 1260. The highest BCUT2D eigenvalue weighted by Crippen LogP contribution is 2.44. The predicted octanol–water partition coefficient (Wildman–Crippen LogP) is 4.90. The number of halogens is 1. The zero-order chi connectivity index (χ0) is 24.9. The van der Waals surface area contributed by atoms with Gasteiger partial charge in [-0.25, -0.2) is 9.18 Å². The molecule has 2 N–H and O–H groups in total. The van der Waals surface area contributed by atoms with Crippen molar-refractivity contribution in [3.8, 4) is 11.1 Å². The molecular formula is C27H23FN2O5. The van der Waals surface area contributed by atoms with Gasteiger partial charge in [-0.05, 0) is 40.5 Å². The van der Waals surface area contributed by atoms with Crippen molar-refractivity contribution in [2.24, 2.45) is 0 Å². The average Bonchev–Trinajstić information content (AvgIpc) is 3.16. The molecule has 1 aliphatic carbocycles. The molecule has 35 heavy (non-hydrogen) atoms. The zero-order valence-corrected chi connectivity index (χ0v) is 18.7. The largest absolute Gasteiger partial charge is 0.480 e. The van der Waals surface area contributed by atoms with Crippen LogP contribution in [-0.2, 0) is 9.53 Å². The van der Waals surface area contributed by atoms with E-state index >= 15 is 0 Å². The lowest BCUT2D eigenvalue weighted by atomic mass is 9.98. The first-order valence-electron chi connectivity index (χ1n) is 10.9. The lowest BCUT2D eigenvalue weighted by Gasteiger charge is -2.21. The van der Waals surface area contributed by atoms with E-state index in [9.17, 15) is 18.8 Å². The van der Waals surface area contributed by atoms with E-state index in [0.29, 0.717) is 0 Å². The first-order chi connectivity index (χ1) is 16.9. The van der Waals surface area contributed by atoms with E-state index in [2.05, 4.69) is 11.9 Å². The van der Waals surface area contributed by atoms with Gasteiger partial charge >= 0.3 is 12.1 Å². The molecule has 0 heterocycles. The maximum Gasteiger partial charge on any atom is 0.411 e. The summed E-state index contributed by atoms with van der Waals surface area (Å²) in [5, 5.41) is 11.6. The van der Waals surface area contributed by atoms with E-state index < -0.39 is 30.3 Å². The first kappa shape index (κ1) is 23.7. The Hall–Kier alpha value is -4.46. The number of carbonyl (C=O) groups is 3. The Balaban J connectivity index is 1.51. The Morgan fingerprint density at radius 3 is 2.26 bits per heavy atom. The second kappa shape index (κ2) is 10.2. The van der Waals surface area contributed by atoms with Gasteiger partial charge in [0.05, 0.1) is 11.3 Å². The Labute approximate surface area is 201 Å². The van der Waals surface area contributed by atoms with Crippen molar-refractivity contribution in [1.82, 2.24) is 4.90 Å². The minimum absolute atomic E-state index is 0.00748. The number of rotatable bonds is 8. The molecule has 0 radical (unpaired) electrons. The summed E-state index contributed by atoms with van der Waals surface area (Å²) in [7, 11) is 0. The first-order valence-corrected chi connectivity index (χ1v) is 10.9. The highest BCUT2D eigenvalue weighted by molar-refractivity contribution is 6.03. The standard InChI is InChI=1S/C27H23FN2O5/c1-2-13-30(15-25(31)32)26(33)22-14-17(28)11-12-24(22)29-27(34)35-16-23-20-9-5-3-7-18(20)19-8-4-6-10-21(19)23/h2-12,14,23H,1,13,15-16H2,(H,29,34)(H,31,32). The maximum absolute atomic E-state index is 13.9. The highest BCUT2D eigenvalue weighted by atomic mass is 19.1. The van der Waals surface area contributed by atoms with Gasteiger partial charge in [0, 0.05) is 12.5 Å². The summed E-state index contributed by atoms with van der Waals surface area (Å²) in [5.41, 5.74) is 4.09. The second-order valence-corrected chi connectivity index (χ2v) is 8.01. The van der Waals surface area contributed by atoms with Gasteiger partial charge in [-0.15, -0.1) is 6.58 Å². The van der Waals surface area contributed by atoms with E-state index in [0.717, 1.165) is 39.3 Å². The van der Waals surface area contributed by atoms with Crippen LogP contribution in [0.1, 0.15) is 27.4 Å². The number of aliphatic carboxylic acids is 1. The fourth-order valence-electron chi connectivity index (χ4n) is 4.26. The van der Waals surface area contributed by atoms with Gasteiger partial charge in [-0.1, -0.05) is 54.6 Å². The zero-order valence-electron chi connectivity index (χ0n) is 18.7. The third-order valence-corrected chi connectivity index (χ3v) is 5.76. The van der Waals surface area contributed by atoms with Crippen molar-refractivity contribution in [1.29, 1.82) is 0 Å². The Morgan fingerprint density at radius 1 is 1.03 bits per heavy atom. The topological polar surface area (TPSA) is 95.9 Å². The molecular weight excluding hydrogens is 451 g/mol. The van der Waals surface area contributed by atoms with E-state index in [1.54, 1.807) is 0 Å². The fraction of sp³-hybridized carbons (Fsp3) is 0.148. The third kappa shape index (κ3) is 5.06. The van der Waals surface area contributed by atoms with E-state index in [-0.39, 0.29) is 30.3 Å². The quantitative estimate of drug-likeness (QED) is 0.453. The van der Waals surface area contributed by atoms with Crippen LogP contribution in [0, 0.1) is 5.82 Å². The minimum Gasteiger partial charge on any atom is -0.480 e. The smallest absolute Gasteiger partial charge is 0.411 e. The monoisotopic (exact) mass is 474 g/mol. The molecule has 0 spiro atoms. The van der Waals surface area contributed by atoms with Crippen LogP contribution in [0.5, 0.6) is 0 Å². The minimum atomic E-state index is -1.23. The van der Waals surface area contributed by atoms with Crippen LogP contribution in [0.2, 0.25) is 0 Å². The summed E-state index contributed by atoms with van der Waals surface area (Å²) in [4.78, 5) is 37.7. The Kier molecular flexibility index (Phi) is 6.91. The van der Waals surface area contributed by atoms with Crippen molar-refractivity contribution < 1.29 is 28.6 Å². The summed E-state index contributed by atoms with van der Waals surface area (Å²) in [6, 6.07) is 19.1. The van der Waals surface area contributed by atoms with Gasteiger partial charge < -0.3 is 14.7 Å². The SMILES string of the molecule is C=CCN(CC(=O)O)C(=O)c1cc(F)ccc1NC(=O)OCC1c2ccccc2-c2ccccc21. The molecule has 178 valence electrons. The van der Waals surface area contributed by atoms with Gasteiger partial charge in [-0.2, -0.15) is 0 Å². The number of fused-ring (bicyclic) bond motifs is 3. The molecule has 0 saturated carbocycles. The van der Waals surface area contributed by atoms with Crippen molar-refractivity contribution in [2.75, 3.05) is 25.0 Å². The van der Waals surface area contributed by atoms with Gasteiger partial charge in [0.1, 0.15) is 19.0 Å². The van der Waals surface area contributed by atoms with Crippen LogP contribution in [0.3, 0.4) is 0 Å². The molecule has 0 bridgehead atoms. The lowest BCUT2D eigenvalue weighted by molar-refractivity contribution is -0.137. The molecule has 1 aliphatic rings. The van der Waals surface area contributed by atoms with Crippen molar-refractivity contribution in [2.45, 2.75) is 5.92 Å². The molecule has 0 atom stereocenters. The molecule has 0 aromatic heterocycles. The Morgan fingerprint density at radius 2 is 1.66 bits per heavy atom. The molecule has 3 aromatic carbocycles. The summed E-state index contributed by atoms with van der Waals surface area (Å²) < 4.78 is 19.4. The van der Waals surface area contributed by atoms with Crippen LogP contribution in [-0.4, -0.2) is 47.7 Å².